The molecule has 0 heterocycles. The third-order valence-corrected chi connectivity index (χ3v) is 1.69. The van der Waals surface area contributed by atoms with Gasteiger partial charge in [-0.15, -0.1) is 6.58 Å². The second-order valence-corrected chi connectivity index (χ2v) is 2.14. The van der Waals surface area contributed by atoms with Gasteiger partial charge in [-0.2, -0.15) is 0 Å². The number of nitrogens with two attached hydrogens (primary N) is 1. The summed E-state index contributed by atoms with van der Waals surface area (Å²) in [6, 6.07) is 0.428. The van der Waals surface area contributed by atoms with Gasteiger partial charge in [0.2, 0.25) is 0 Å². The molecule has 0 aromatic heterocycles. The van der Waals surface area contributed by atoms with Crippen LogP contribution < -0.4 is 5.73 Å². The van der Waals surface area contributed by atoms with Crippen LogP contribution in [0, 0.1) is 5.92 Å². The van der Waals surface area contributed by atoms with Crippen LogP contribution in [-0.4, -0.2) is 6.04 Å². The minimum absolute atomic E-state index is 0.428. The molecule has 40 valence electrons. The standard InChI is InChI=1S/C6H11N/c1-2-5-3-4-6(5)7/h2,5-6H,1,3-4,7H2. The lowest BCUT2D eigenvalue weighted by Gasteiger charge is -2.30. The largest absolute Gasteiger partial charge is 0.327 e. The van der Waals surface area contributed by atoms with Crippen LogP contribution in [-0.2, 0) is 0 Å². The van der Waals surface area contributed by atoms with Gasteiger partial charge in [0.15, 0.2) is 0 Å². The lowest BCUT2D eigenvalue weighted by atomic mass is 9.81. The molecule has 0 saturated heterocycles. The highest BCUT2D eigenvalue weighted by atomic mass is 14.7. The van der Waals surface area contributed by atoms with Crippen molar-refractivity contribution in [3.05, 3.63) is 12.7 Å². The van der Waals surface area contributed by atoms with E-state index >= 15 is 0 Å². The zero-order valence-electron chi connectivity index (χ0n) is 4.43. The molecule has 1 saturated carbocycles. The highest BCUT2D eigenvalue weighted by Gasteiger charge is 2.23. The summed E-state index contributed by atoms with van der Waals surface area (Å²) < 4.78 is 0. The molecule has 0 radical (unpaired) electrons. The third-order valence-electron chi connectivity index (χ3n) is 1.69. The topological polar surface area (TPSA) is 26.0 Å². The minimum Gasteiger partial charge on any atom is -0.327 e. The molecule has 0 aromatic rings. The van der Waals surface area contributed by atoms with Crippen LogP contribution in [0.5, 0.6) is 0 Å². The fourth-order valence-electron chi connectivity index (χ4n) is 0.844. The van der Waals surface area contributed by atoms with Crippen molar-refractivity contribution >= 4 is 0 Å². The van der Waals surface area contributed by atoms with Crippen molar-refractivity contribution in [1.82, 2.24) is 0 Å². The van der Waals surface area contributed by atoms with E-state index in [1.54, 1.807) is 0 Å². The summed E-state index contributed by atoms with van der Waals surface area (Å²) in [4.78, 5) is 0. The maximum absolute atomic E-state index is 5.56. The average Bonchev–Trinajstić information content (AvgIpc) is 1.65. The Hall–Kier alpha value is -0.300. The molecule has 1 fully saturated rings. The Kier molecular flexibility index (Phi) is 1.15. The summed E-state index contributed by atoms with van der Waals surface area (Å²) in [5, 5.41) is 0. The fourth-order valence-corrected chi connectivity index (χ4v) is 0.844. The van der Waals surface area contributed by atoms with Gasteiger partial charge < -0.3 is 5.73 Å². The second kappa shape index (κ2) is 1.66. The lowest BCUT2D eigenvalue weighted by Crippen LogP contribution is -2.37. The van der Waals surface area contributed by atoms with E-state index in [4.69, 9.17) is 5.73 Å². The molecule has 2 N–H and O–H groups in total. The van der Waals surface area contributed by atoms with Crippen LogP contribution in [0.25, 0.3) is 0 Å². The van der Waals surface area contributed by atoms with E-state index in [0.717, 1.165) is 0 Å². The fraction of sp³-hybridized carbons (Fsp3) is 0.667. The Morgan fingerprint density at radius 1 is 1.57 bits per heavy atom. The van der Waals surface area contributed by atoms with E-state index < -0.39 is 0 Å². The van der Waals surface area contributed by atoms with Crippen LogP contribution in [0.2, 0.25) is 0 Å². The van der Waals surface area contributed by atoms with Crippen molar-refractivity contribution in [3.8, 4) is 0 Å². The molecule has 1 nitrogen and oxygen atoms in total. The lowest BCUT2D eigenvalue weighted by molar-refractivity contribution is 0.318. The van der Waals surface area contributed by atoms with Crippen molar-refractivity contribution in [2.24, 2.45) is 11.7 Å². The second-order valence-electron chi connectivity index (χ2n) is 2.14. The highest BCUT2D eigenvalue weighted by molar-refractivity contribution is 4.94. The molecule has 0 aromatic carbocycles. The molecular formula is C6H11N. The van der Waals surface area contributed by atoms with Crippen LogP contribution in [0.15, 0.2) is 12.7 Å². The SMILES string of the molecule is C=CC1CCC1N. The zero-order chi connectivity index (χ0) is 5.28. The first-order chi connectivity index (χ1) is 3.34. The summed E-state index contributed by atoms with van der Waals surface area (Å²) in [5.41, 5.74) is 5.56. The first-order valence-corrected chi connectivity index (χ1v) is 2.72. The van der Waals surface area contributed by atoms with Gasteiger partial charge in [-0.3, -0.25) is 0 Å². The van der Waals surface area contributed by atoms with E-state index in [0.29, 0.717) is 12.0 Å². The van der Waals surface area contributed by atoms with Crippen LogP contribution >= 0.6 is 0 Å². The predicted octanol–water partition coefficient (Wildman–Crippen LogP) is 0.910. The van der Waals surface area contributed by atoms with Crippen LogP contribution in [0.4, 0.5) is 0 Å². The molecule has 1 rings (SSSR count). The summed E-state index contributed by atoms with van der Waals surface area (Å²) in [6.45, 7) is 3.65. The minimum atomic E-state index is 0.428. The number of hydrogen-bond acceptors (Lipinski definition) is 1. The Bertz CT molecular complexity index is 78.2. The van der Waals surface area contributed by atoms with E-state index in [1.807, 2.05) is 6.08 Å². The van der Waals surface area contributed by atoms with Gasteiger partial charge in [-0.1, -0.05) is 6.08 Å². The molecule has 0 bridgehead atoms. The van der Waals surface area contributed by atoms with Gasteiger partial charge >= 0.3 is 0 Å². The Balaban J connectivity index is 2.28. The quantitative estimate of drug-likeness (QED) is 0.483. The van der Waals surface area contributed by atoms with Crippen molar-refractivity contribution in [2.45, 2.75) is 18.9 Å². The molecule has 2 unspecified atom stereocenters. The molecule has 2 atom stereocenters. The molecule has 7 heavy (non-hydrogen) atoms. The van der Waals surface area contributed by atoms with Gasteiger partial charge in [0.05, 0.1) is 0 Å². The molecule has 0 aliphatic heterocycles. The first kappa shape index (κ1) is 4.85. The summed E-state index contributed by atoms with van der Waals surface area (Å²) >= 11 is 0. The van der Waals surface area contributed by atoms with Gasteiger partial charge in [-0.25, -0.2) is 0 Å². The normalized spacial score (nSPS) is 39.6. The van der Waals surface area contributed by atoms with Gasteiger partial charge in [0.1, 0.15) is 0 Å². The summed E-state index contributed by atoms with van der Waals surface area (Å²) in [7, 11) is 0. The van der Waals surface area contributed by atoms with E-state index in [1.165, 1.54) is 12.8 Å². The van der Waals surface area contributed by atoms with E-state index in [9.17, 15) is 0 Å². The Morgan fingerprint density at radius 3 is 2.29 bits per heavy atom. The molecule has 0 spiro atoms. The molecule has 1 heteroatoms. The third kappa shape index (κ3) is 0.682. The first-order valence-electron chi connectivity index (χ1n) is 2.72. The van der Waals surface area contributed by atoms with E-state index in [-0.39, 0.29) is 0 Å². The van der Waals surface area contributed by atoms with Crippen molar-refractivity contribution in [2.75, 3.05) is 0 Å². The maximum Gasteiger partial charge on any atom is 0.0102 e. The van der Waals surface area contributed by atoms with Gasteiger partial charge in [-0.05, 0) is 18.8 Å². The predicted molar refractivity (Wildman–Crippen MR) is 30.9 cm³/mol. The monoisotopic (exact) mass is 97.1 g/mol. The van der Waals surface area contributed by atoms with Crippen molar-refractivity contribution in [1.29, 1.82) is 0 Å². The van der Waals surface area contributed by atoms with Gasteiger partial charge in [0, 0.05) is 6.04 Å². The number of rotatable bonds is 1. The van der Waals surface area contributed by atoms with E-state index in [2.05, 4.69) is 6.58 Å². The average molecular weight is 97.2 g/mol. The smallest absolute Gasteiger partial charge is 0.0102 e. The maximum atomic E-state index is 5.56. The van der Waals surface area contributed by atoms with Crippen molar-refractivity contribution < 1.29 is 0 Å². The van der Waals surface area contributed by atoms with Crippen LogP contribution in [0.1, 0.15) is 12.8 Å². The summed E-state index contributed by atoms with van der Waals surface area (Å²) in [6.07, 6.45) is 4.40. The highest BCUT2D eigenvalue weighted by Crippen LogP contribution is 2.25. The number of hydrogen-bond donors (Lipinski definition) is 1. The molecular weight excluding hydrogens is 86.1 g/mol. The summed E-state index contributed by atoms with van der Waals surface area (Å²) in [5.74, 6) is 0.625. The Labute approximate surface area is 44.2 Å². The van der Waals surface area contributed by atoms with Gasteiger partial charge in [0.25, 0.3) is 0 Å². The molecule has 0 amide bonds. The Morgan fingerprint density at radius 2 is 2.29 bits per heavy atom. The van der Waals surface area contributed by atoms with Crippen molar-refractivity contribution in [3.63, 3.8) is 0 Å². The molecule has 1 aliphatic carbocycles. The zero-order valence-corrected chi connectivity index (χ0v) is 4.43. The van der Waals surface area contributed by atoms with Crippen LogP contribution in [0.3, 0.4) is 0 Å². The molecule has 1 aliphatic rings.